The lowest BCUT2D eigenvalue weighted by Gasteiger charge is -2.06. The molecule has 1 amide bonds. The van der Waals surface area contributed by atoms with Gasteiger partial charge in [0.15, 0.2) is 5.65 Å². The Morgan fingerprint density at radius 2 is 2.21 bits per heavy atom. The lowest BCUT2D eigenvalue weighted by molar-refractivity contribution is 0.167. The number of carbonyl (C=O) groups is 1. The van der Waals surface area contributed by atoms with Crippen molar-refractivity contribution in [1.29, 1.82) is 0 Å². The Hall–Kier alpha value is -2.74. The van der Waals surface area contributed by atoms with E-state index in [9.17, 15) is 4.79 Å². The molecular weight excluding hydrogens is 328 g/mol. The van der Waals surface area contributed by atoms with E-state index in [2.05, 4.69) is 20.3 Å². The highest BCUT2D eigenvalue weighted by Gasteiger charge is 2.10. The van der Waals surface area contributed by atoms with Gasteiger partial charge in [-0.15, -0.1) is 0 Å². The van der Waals surface area contributed by atoms with Gasteiger partial charge in [-0.25, -0.2) is 14.8 Å². The van der Waals surface area contributed by atoms with E-state index in [-0.39, 0.29) is 0 Å². The van der Waals surface area contributed by atoms with E-state index >= 15 is 0 Å². The number of fused-ring (bicyclic) bond motifs is 1. The van der Waals surface area contributed by atoms with Crippen molar-refractivity contribution in [3.05, 3.63) is 36.5 Å². The fourth-order valence-corrected chi connectivity index (χ4v) is 3.01. The molecular formula is C16H16N4O3S. The predicted molar refractivity (Wildman–Crippen MR) is 91.7 cm³/mol. The van der Waals surface area contributed by atoms with Crippen LogP contribution in [0, 0.1) is 0 Å². The normalized spacial score (nSPS) is 10.6. The number of H-pyrrole nitrogens is 1. The molecule has 24 heavy (non-hydrogen) atoms. The highest BCUT2D eigenvalue weighted by atomic mass is 32.2. The molecule has 2 N–H and O–H groups in total. The maximum atomic E-state index is 11.4. The summed E-state index contributed by atoms with van der Waals surface area (Å²) in [4.78, 5) is 24.9. The Morgan fingerprint density at radius 3 is 3.00 bits per heavy atom. The monoisotopic (exact) mass is 344 g/mol. The highest BCUT2D eigenvalue weighted by Crippen LogP contribution is 2.35. The molecule has 124 valence electrons. The summed E-state index contributed by atoms with van der Waals surface area (Å²) in [7, 11) is 1.64. The van der Waals surface area contributed by atoms with E-state index in [0.717, 1.165) is 15.5 Å². The van der Waals surface area contributed by atoms with E-state index in [1.807, 2.05) is 30.3 Å². The van der Waals surface area contributed by atoms with Crippen LogP contribution >= 0.6 is 11.8 Å². The van der Waals surface area contributed by atoms with Crippen molar-refractivity contribution in [1.82, 2.24) is 15.0 Å². The number of anilines is 1. The van der Waals surface area contributed by atoms with Crippen LogP contribution in [0.2, 0.25) is 0 Å². The second kappa shape index (κ2) is 7.22. The Kier molecular flexibility index (Phi) is 4.85. The first-order chi connectivity index (χ1) is 11.7. The summed E-state index contributed by atoms with van der Waals surface area (Å²) < 4.78 is 10.2. The first-order valence-electron chi connectivity index (χ1n) is 7.30. The molecule has 0 fully saturated rings. The van der Waals surface area contributed by atoms with Gasteiger partial charge in [0, 0.05) is 11.1 Å². The summed E-state index contributed by atoms with van der Waals surface area (Å²) in [5, 5.41) is 2.53. The van der Waals surface area contributed by atoms with Crippen LogP contribution in [0.15, 0.2) is 46.3 Å². The molecule has 0 spiro atoms. The fraction of sp³-hybridized carbons (Fsp3) is 0.188. The molecule has 0 unspecified atom stereocenters. The van der Waals surface area contributed by atoms with E-state index in [1.54, 1.807) is 20.2 Å². The lowest BCUT2D eigenvalue weighted by atomic mass is 10.3. The van der Waals surface area contributed by atoms with Gasteiger partial charge in [-0.05, 0) is 25.1 Å². The van der Waals surface area contributed by atoms with Gasteiger partial charge in [0.1, 0.15) is 11.3 Å². The van der Waals surface area contributed by atoms with Crippen molar-refractivity contribution in [2.24, 2.45) is 0 Å². The van der Waals surface area contributed by atoms with Crippen LogP contribution in [0.25, 0.3) is 11.2 Å². The molecule has 1 aromatic carbocycles. The van der Waals surface area contributed by atoms with Crippen LogP contribution in [0.5, 0.6) is 5.75 Å². The third kappa shape index (κ3) is 3.60. The molecule has 0 aliphatic heterocycles. The number of amides is 1. The van der Waals surface area contributed by atoms with Crippen LogP contribution in [-0.2, 0) is 4.74 Å². The Bertz CT molecular complexity index is 865. The number of benzene rings is 1. The van der Waals surface area contributed by atoms with Crippen LogP contribution in [0.4, 0.5) is 10.7 Å². The van der Waals surface area contributed by atoms with Crippen LogP contribution in [-0.4, -0.2) is 34.8 Å². The number of aromatic amines is 1. The largest absolute Gasteiger partial charge is 0.496 e. The van der Waals surface area contributed by atoms with Gasteiger partial charge in [-0.2, -0.15) is 0 Å². The molecule has 2 aromatic heterocycles. The van der Waals surface area contributed by atoms with Gasteiger partial charge in [-0.3, -0.25) is 5.32 Å². The number of nitrogens with zero attached hydrogens (tertiary/aromatic N) is 2. The van der Waals surface area contributed by atoms with Crippen LogP contribution in [0.1, 0.15) is 6.92 Å². The van der Waals surface area contributed by atoms with E-state index in [1.165, 1.54) is 11.8 Å². The van der Waals surface area contributed by atoms with Crippen molar-refractivity contribution in [2.75, 3.05) is 19.0 Å². The Morgan fingerprint density at radius 1 is 1.38 bits per heavy atom. The number of nitrogens with one attached hydrogen (secondary N) is 2. The number of pyridine rings is 1. The van der Waals surface area contributed by atoms with Gasteiger partial charge in [0.05, 0.1) is 18.6 Å². The molecule has 0 saturated heterocycles. The smallest absolute Gasteiger partial charge is 0.413 e. The number of methoxy groups -OCH3 is 1. The number of aromatic nitrogens is 3. The summed E-state index contributed by atoms with van der Waals surface area (Å²) >= 11 is 1.53. The molecule has 0 aliphatic rings. The molecule has 0 saturated carbocycles. The zero-order chi connectivity index (χ0) is 16.9. The third-order valence-electron chi connectivity index (χ3n) is 3.10. The number of imidazole rings is 1. The highest BCUT2D eigenvalue weighted by molar-refractivity contribution is 7.99. The average Bonchev–Trinajstić information content (AvgIpc) is 2.97. The number of carbonyl (C=O) groups excluding carboxylic acids is 1. The van der Waals surface area contributed by atoms with Gasteiger partial charge in [0.25, 0.3) is 0 Å². The Labute approximate surface area is 142 Å². The van der Waals surface area contributed by atoms with E-state index < -0.39 is 6.09 Å². The van der Waals surface area contributed by atoms with Gasteiger partial charge in [-0.1, -0.05) is 23.9 Å². The summed E-state index contributed by atoms with van der Waals surface area (Å²) in [6.07, 6.45) is 1.19. The molecule has 3 rings (SSSR count). The molecule has 0 atom stereocenters. The molecule has 8 heteroatoms. The standard InChI is InChI=1S/C16H16N4O3S/c1-3-23-16(21)20-15-18-11-8-10(9-17-14(11)19-15)24-13-7-5-4-6-12(13)22-2/h4-9H,3H2,1-2H3,(H2,17,18,19,20,21). The second-order valence-corrected chi connectivity index (χ2v) is 5.84. The fourth-order valence-electron chi connectivity index (χ4n) is 2.09. The zero-order valence-electron chi connectivity index (χ0n) is 13.2. The molecule has 0 aliphatic carbocycles. The molecule has 3 aromatic rings. The second-order valence-electron chi connectivity index (χ2n) is 4.72. The minimum atomic E-state index is -0.555. The molecule has 0 bridgehead atoms. The number of para-hydroxylation sites is 1. The number of hydrogen-bond donors (Lipinski definition) is 2. The van der Waals surface area contributed by atoms with Gasteiger partial charge in [0.2, 0.25) is 5.95 Å². The molecule has 0 radical (unpaired) electrons. The van der Waals surface area contributed by atoms with Crippen LogP contribution in [0.3, 0.4) is 0 Å². The minimum absolute atomic E-state index is 0.296. The first kappa shape index (κ1) is 16.1. The number of ether oxygens (including phenoxy) is 2. The summed E-state index contributed by atoms with van der Waals surface area (Å²) in [5.74, 6) is 1.10. The molecule has 7 nitrogen and oxygen atoms in total. The summed E-state index contributed by atoms with van der Waals surface area (Å²) in [6, 6.07) is 9.65. The molecule has 2 heterocycles. The minimum Gasteiger partial charge on any atom is -0.496 e. The quantitative estimate of drug-likeness (QED) is 0.734. The van der Waals surface area contributed by atoms with Crippen molar-refractivity contribution >= 4 is 35.0 Å². The third-order valence-corrected chi connectivity index (χ3v) is 4.12. The van der Waals surface area contributed by atoms with Gasteiger partial charge < -0.3 is 14.5 Å². The van der Waals surface area contributed by atoms with Crippen LogP contribution < -0.4 is 10.1 Å². The van der Waals surface area contributed by atoms with E-state index in [4.69, 9.17) is 9.47 Å². The van der Waals surface area contributed by atoms with Crippen molar-refractivity contribution in [2.45, 2.75) is 16.7 Å². The first-order valence-corrected chi connectivity index (χ1v) is 8.11. The van der Waals surface area contributed by atoms with Crippen molar-refractivity contribution in [3.8, 4) is 5.75 Å². The summed E-state index contributed by atoms with van der Waals surface area (Å²) in [6.45, 7) is 2.03. The number of rotatable bonds is 5. The SMILES string of the molecule is CCOC(=O)Nc1nc2cc(Sc3ccccc3OC)cnc2[nH]1. The van der Waals surface area contributed by atoms with Crippen molar-refractivity contribution < 1.29 is 14.3 Å². The lowest BCUT2D eigenvalue weighted by Crippen LogP contribution is -2.14. The summed E-state index contributed by atoms with van der Waals surface area (Å²) in [5.41, 5.74) is 1.24. The zero-order valence-corrected chi connectivity index (χ0v) is 14.0. The number of hydrogen-bond acceptors (Lipinski definition) is 6. The van der Waals surface area contributed by atoms with E-state index in [0.29, 0.717) is 23.7 Å². The Balaban J connectivity index is 1.82. The maximum Gasteiger partial charge on any atom is 0.413 e. The predicted octanol–water partition coefficient (Wildman–Crippen LogP) is 3.69. The average molecular weight is 344 g/mol. The maximum absolute atomic E-state index is 11.4. The van der Waals surface area contributed by atoms with Gasteiger partial charge >= 0.3 is 6.09 Å². The topological polar surface area (TPSA) is 89.1 Å². The van der Waals surface area contributed by atoms with Crippen molar-refractivity contribution in [3.63, 3.8) is 0 Å².